The molecule has 3 heterocycles. The van der Waals surface area contributed by atoms with Crippen LogP contribution >= 0.6 is 23.4 Å². The highest BCUT2D eigenvalue weighted by molar-refractivity contribution is 8.02. The number of likely N-dealkylation sites (tertiary alicyclic amines) is 1. The molecule has 1 spiro atoms. The van der Waals surface area contributed by atoms with Crippen LogP contribution in [0.25, 0.3) is 0 Å². The first-order valence-electron chi connectivity index (χ1n) is 12.7. The molecule has 3 saturated heterocycles. The van der Waals surface area contributed by atoms with Gasteiger partial charge in [-0.2, -0.15) is 0 Å². The van der Waals surface area contributed by atoms with E-state index in [4.69, 9.17) is 16.3 Å². The first kappa shape index (κ1) is 27.0. The number of anilines is 1. The summed E-state index contributed by atoms with van der Waals surface area (Å²) in [7, 11) is 0. The fourth-order valence-corrected chi connectivity index (χ4v) is 8.58. The van der Waals surface area contributed by atoms with Gasteiger partial charge < -0.3 is 19.6 Å². The quantitative estimate of drug-likeness (QED) is 0.361. The number of rotatable bonds is 10. The maximum atomic E-state index is 14.5. The van der Waals surface area contributed by atoms with E-state index in [9.17, 15) is 19.5 Å². The SMILES string of the molecule is C=CCN(C(=O)C1N([C@@H](CO)[C@@H](C)CC)C(=O)[C@@H]2[C@@H](C(=O)OCC)[C@H]3CCC12S3)c1ccc(Cl)cc1. The highest BCUT2D eigenvalue weighted by atomic mass is 35.5. The van der Waals surface area contributed by atoms with Gasteiger partial charge in [-0.25, -0.2) is 0 Å². The molecule has 9 heteroatoms. The Labute approximate surface area is 222 Å². The third kappa shape index (κ3) is 4.25. The summed E-state index contributed by atoms with van der Waals surface area (Å²) >= 11 is 7.69. The summed E-state index contributed by atoms with van der Waals surface area (Å²) < 4.78 is 4.64. The van der Waals surface area contributed by atoms with Crippen LogP contribution in [0.2, 0.25) is 5.02 Å². The summed E-state index contributed by atoms with van der Waals surface area (Å²) in [6.07, 6.45) is 3.79. The van der Waals surface area contributed by atoms with E-state index >= 15 is 0 Å². The molecule has 36 heavy (non-hydrogen) atoms. The number of hydrogen-bond acceptors (Lipinski definition) is 6. The molecule has 1 N–H and O–H groups in total. The average molecular weight is 535 g/mol. The van der Waals surface area contributed by atoms with Gasteiger partial charge in [0.05, 0.1) is 35.8 Å². The third-order valence-electron chi connectivity index (χ3n) is 8.09. The molecule has 3 aliphatic heterocycles. The summed E-state index contributed by atoms with van der Waals surface area (Å²) in [4.78, 5) is 44.9. The maximum absolute atomic E-state index is 14.5. The lowest BCUT2D eigenvalue weighted by Crippen LogP contribution is -2.58. The standard InChI is InChI=1S/C27H35ClN2O5S/c1-5-14-29(18-10-8-17(28)9-11-18)25(33)23-27-13-12-20(36-27)21(26(34)35-7-3)22(27)24(32)30(23)19(15-31)16(4)6-2/h5,8-11,16,19-23,31H,1,6-7,12-15H2,2-4H3/t16-,19-,20+,21-,22-,23?,27?/m0/s1. The number of ether oxygens (including phenoxy) is 1. The molecule has 2 unspecified atom stereocenters. The zero-order chi connectivity index (χ0) is 26.2. The smallest absolute Gasteiger partial charge is 0.310 e. The van der Waals surface area contributed by atoms with Gasteiger partial charge in [0.15, 0.2) is 0 Å². The largest absolute Gasteiger partial charge is 0.466 e. The van der Waals surface area contributed by atoms with Crippen molar-refractivity contribution >= 4 is 46.8 Å². The van der Waals surface area contributed by atoms with Gasteiger partial charge in [0.1, 0.15) is 6.04 Å². The van der Waals surface area contributed by atoms with Crippen molar-refractivity contribution in [3.8, 4) is 0 Å². The van der Waals surface area contributed by atoms with Crippen molar-refractivity contribution in [2.75, 3.05) is 24.7 Å². The fourth-order valence-electron chi connectivity index (χ4n) is 6.27. The van der Waals surface area contributed by atoms with Crippen LogP contribution < -0.4 is 4.90 Å². The first-order valence-corrected chi connectivity index (χ1v) is 14.0. The fraction of sp³-hybridized carbons (Fsp3) is 0.593. The molecule has 3 aliphatic rings. The van der Waals surface area contributed by atoms with Crippen LogP contribution in [0.5, 0.6) is 0 Å². The Morgan fingerprint density at radius 2 is 2.06 bits per heavy atom. The number of thioether (sulfide) groups is 1. The lowest BCUT2D eigenvalue weighted by Gasteiger charge is -2.41. The van der Waals surface area contributed by atoms with Crippen molar-refractivity contribution in [2.45, 2.75) is 62.1 Å². The van der Waals surface area contributed by atoms with Gasteiger partial charge in [-0.3, -0.25) is 14.4 Å². The zero-order valence-corrected chi connectivity index (χ0v) is 22.6. The minimum Gasteiger partial charge on any atom is -0.466 e. The van der Waals surface area contributed by atoms with E-state index in [1.54, 1.807) is 58.8 Å². The maximum Gasteiger partial charge on any atom is 0.310 e. The molecule has 1 aromatic rings. The summed E-state index contributed by atoms with van der Waals surface area (Å²) in [5, 5.41) is 10.9. The summed E-state index contributed by atoms with van der Waals surface area (Å²) in [6, 6.07) is 5.65. The highest BCUT2D eigenvalue weighted by Crippen LogP contribution is 2.67. The van der Waals surface area contributed by atoms with Gasteiger partial charge in [-0.1, -0.05) is 37.9 Å². The minimum atomic E-state index is -0.814. The van der Waals surface area contributed by atoms with Crippen LogP contribution in [-0.2, 0) is 19.1 Å². The number of carbonyl (C=O) groups is 3. The van der Waals surface area contributed by atoms with Gasteiger partial charge in [-0.05, 0) is 49.9 Å². The highest BCUT2D eigenvalue weighted by Gasteiger charge is 2.75. The van der Waals surface area contributed by atoms with E-state index in [-0.39, 0.29) is 48.7 Å². The normalized spacial score (nSPS) is 30.1. The molecule has 0 aromatic heterocycles. The van der Waals surface area contributed by atoms with Gasteiger partial charge in [-0.15, -0.1) is 18.3 Å². The monoisotopic (exact) mass is 534 g/mol. The molecular weight excluding hydrogens is 500 g/mol. The van der Waals surface area contributed by atoms with Crippen molar-refractivity contribution in [3.05, 3.63) is 41.9 Å². The van der Waals surface area contributed by atoms with Crippen molar-refractivity contribution in [2.24, 2.45) is 17.8 Å². The molecule has 4 rings (SSSR count). The lowest BCUT2D eigenvalue weighted by atomic mass is 9.71. The van der Waals surface area contributed by atoms with E-state index < -0.39 is 28.7 Å². The number of amides is 2. The van der Waals surface area contributed by atoms with Gasteiger partial charge in [0.2, 0.25) is 5.91 Å². The molecule has 7 atom stereocenters. The number of carbonyl (C=O) groups excluding carboxylic acids is 3. The number of hydrogen-bond donors (Lipinski definition) is 1. The lowest BCUT2D eigenvalue weighted by molar-refractivity contribution is -0.154. The summed E-state index contributed by atoms with van der Waals surface area (Å²) in [6.45, 7) is 9.82. The van der Waals surface area contributed by atoms with Crippen LogP contribution in [-0.4, -0.2) is 69.6 Å². The van der Waals surface area contributed by atoms with E-state index in [0.717, 1.165) is 12.8 Å². The van der Waals surface area contributed by atoms with E-state index in [1.165, 1.54) is 0 Å². The van der Waals surface area contributed by atoms with Crippen LogP contribution in [0.15, 0.2) is 36.9 Å². The van der Waals surface area contributed by atoms with E-state index in [1.807, 2.05) is 13.8 Å². The number of fused-ring (bicyclic) bond motifs is 1. The summed E-state index contributed by atoms with van der Waals surface area (Å²) in [5.41, 5.74) is 0.653. The number of halogens is 1. The minimum absolute atomic E-state index is 0.0314. The van der Waals surface area contributed by atoms with Crippen molar-refractivity contribution < 1.29 is 24.2 Å². The van der Waals surface area contributed by atoms with Gasteiger partial charge >= 0.3 is 5.97 Å². The van der Waals surface area contributed by atoms with Crippen LogP contribution in [0.1, 0.15) is 40.0 Å². The Kier molecular flexibility index (Phi) is 8.07. The predicted molar refractivity (Wildman–Crippen MR) is 142 cm³/mol. The Morgan fingerprint density at radius 1 is 1.36 bits per heavy atom. The molecule has 2 bridgehead atoms. The van der Waals surface area contributed by atoms with E-state index in [0.29, 0.717) is 17.1 Å². The number of aliphatic hydroxyl groups is 1. The third-order valence-corrected chi connectivity index (χ3v) is 10.3. The molecule has 0 radical (unpaired) electrons. The Bertz CT molecular complexity index is 1020. The Balaban J connectivity index is 1.83. The second-order valence-corrected chi connectivity index (χ2v) is 11.9. The molecule has 2 amide bonds. The molecule has 3 fully saturated rings. The molecule has 1 aromatic carbocycles. The second kappa shape index (κ2) is 10.8. The van der Waals surface area contributed by atoms with Crippen LogP contribution in [0, 0.1) is 17.8 Å². The van der Waals surface area contributed by atoms with Crippen LogP contribution in [0.4, 0.5) is 5.69 Å². The van der Waals surface area contributed by atoms with E-state index in [2.05, 4.69) is 6.58 Å². The van der Waals surface area contributed by atoms with Gasteiger partial charge in [0, 0.05) is 22.5 Å². The number of aliphatic hydroxyl groups excluding tert-OH is 1. The number of nitrogens with zero attached hydrogens (tertiary/aromatic N) is 2. The zero-order valence-electron chi connectivity index (χ0n) is 21.1. The van der Waals surface area contributed by atoms with Crippen molar-refractivity contribution in [1.82, 2.24) is 4.90 Å². The molecule has 7 nitrogen and oxygen atoms in total. The predicted octanol–water partition coefficient (Wildman–Crippen LogP) is 3.92. The topological polar surface area (TPSA) is 87.2 Å². The van der Waals surface area contributed by atoms with Gasteiger partial charge in [0.25, 0.3) is 5.91 Å². The number of esters is 1. The Morgan fingerprint density at radius 3 is 2.64 bits per heavy atom. The average Bonchev–Trinajstić information content (AvgIpc) is 3.51. The molecule has 196 valence electrons. The number of benzene rings is 1. The first-order chi connectivity index (χ1) is 17.2. The Hall–Kier alpha value is -2.03. The molecular formula is C27H35ClN2O5S. The van der Waals surface area contributed by atoms with Crippen LogP contribution in [0.3, 0.4) is 0 Å². The van der Waals surface area contributed by atoms with Crippen molar-refractivity contribution in [3.63, 3.8) is 0 Å². The molecule has 0 aliphatic carbocycles. The summed E-state index contributed by atoms with van der Waals surface area (Å²) in [5.74, 6) is -2.09. The second-order valence-electron chi connectivity index (χ2n) is 9.90. The van der Waals surface area contributed by atoms with Crippen molar-refractivity contribution in [1.29, 1.82) is 0 Å². The molecule has 0 saturated carbocycles.